The first-order valence-electron chi connectivity index (χ1n) is 3.35. The Kier molecular flexibility index (Phi) is 2.65. The van der Waals surface area contributed by atoms with Crippen molar-refractivity contribution in [1.82, 2.24) is 4.98 Å². The van der Waals surface area contributed by atoms with Crippen molar-refractivity contribution in [2.45, 2.75) is 0 Å². The van der Waals surface area contributed by atoms with Crippen molar-refractivity contribution in [3.8, 4) is 0 Å². The first-order valence-corrected chi connectivity index (χ1v) is 3.72. The van der Waals surface area contributed by atoms with Crippen LogP contribution in [0.1, 0.15) is 5.56 Å². The van der Waals surface area contributed by atoms with Crippen LogP contribution in [0.3, 0.4) is 0 Å². The zero-order valence-corrected chi connectivity index (χ0v) is 7.32. The number of hydrogen-bond acceptors (Lipinski definition) is 2. The number of hydrogen-bond donors (Lipinski definition) is 1. The molecule has 0 spiro atoms. The van der Waals surface area contributed by atoms with Crippen LogP contribution in [0.4, 0.5) is 10.1 Å². The third-order valence-corrected chi connectivity index (χ3v) is 1.78. The molecule has 64 valence electrons. The normalized spacial score (nSPS) is 9.58. The SMILES string of the molecule is C=Cc1c(Cl)ncc(F)c1NC. The van der Waals surface area contributed by atoms with Crippen molar-refractivity contribution in [3.63, 3.8) is 0 Å². The second-order valence-corrected chi connectivity index (χ2v) is 2.50. The summed E-state index contributed by atoms with van der Waals surface area (Å²) in [5.41, 5.74) is 0.809. The van der Waals surface area contributed by atoms with Crippen molar-refractivity contribution >= 4 is 23.4 Å². The minimum atomic E-state index is -0.434. The largest absolute Gasteiger partial charge is 0.385 e. The Morgan fingerprint density at radius 2 is 2.42 bits per heavy atom. The van der Waals surface area contributed by atoms with Crippen LogP contribution in [0.5, 0.6) is 0 Å². The van der Waals surface area contributed by atoms with Crippen LogP contribution in [-0.4, -0.2) is 12.0 Å². The molecule has 1 rings (SSSR count). The van der Waals surface area contributed by atoms with Crippen molar-refractivity contribution in [2.24, 2.45) is 0 Å². The van der Waals surface area contributed by atoms with Gasteiger partial charge in [-0.15, -0.1) is 0 Å². The highest BCUT2D eigenvalue weighted by molar-refractivity contribution is 6.31. The van der Waals surface area contributed by atoms with Gasteiger partial charge >= 0.3 is 0 Å². The fourth-order valence-corrected chi connectivity index (χ4v) is 1.14. The zero-order chi connectivity index (χ0) is 9.14. The molecule has 0 radical (unpaired) electrons. The smallest absolute Gasteiger partial charge is 0.165 e. The Hall–Kier alpha value is -1.09. The van der Waals surface area contributed by atoms with Gasteiger partial charge < -0.3 is 5.32 Å². The number of aromatic nitrogens is 1. The molecule has 0 atom stereocenters. The summed E-state index contributed by atoms with van der Waals surface area (Å²) < 4.78 is 13.0. The van der Waals surface area contributed by atoms with Crippen LogP contribution in [0.15, 0.2) is 12.8 Å². The second kappa shape index (κ2) is 3.54. The Morgan fingerprint density at radius 3 is 2.83 bits per heavy atom. The molecule has 0 aliphatic carbocycles. The van der Waals surface area contributed by atoms with E-state index in [-0.39, 0.29) is 5.15 Å². The summed E-state index contributed by atoms with van der Waals surface area (Å²) >= 11 is 5.69. The van der Waals surface area contributed by atoms with Crippen LogP contribution < -0.4 is 5.32 Å². The first kappa shape index (κ1) is 9.00. The van der Waals surface area contributed by atoms with Crippen molar-refractivity contribution in [3.05, 3.63) is 29.3 Å². The third kappa shape index (κ3) is 1.41. The van der Waals surface area contributed by atoms with Gasteiger partial charge in [-0.1, -0.05) is 24.3 Å². The maximum Gasteiger partial charge on any atom is 0.165 e. The van der Waals surface area contributed by atoms with E-state index in [1.807, 2.05) is 0 Å². The second-order valence-electron chi connectivity index (χ2n) is 2.14. The maximum atomic E-state index is 13.0. The molecular formula is C8H8ClFN2. The maximum absolute atomic E-state index is 13.0. The fourth-order valence-electron chi connectivity index (χ4n) is 0.920. The van der Waals surface area contributed by atoms with E-state index in [4.69, 9.17) is 11.6 Å². The number of rotatable bonds is 2. The van der Waals surface area contributed by atoms with E-state index in [2.05, 4.69) is 16.9 Å². The van der Waals surface area contributed by atoms with E-state index in [0.29, 0.717) is 11.3 Å². The van der Waals surface area contributed by atoms with Crippen LogP contribution in [0, 0.1) is 5.82 Å². The molecule has 1 heterocycles. The highest BCUT2D eigenvalue weighted by atomic mass is 35.5. The summed E-state index contributed by atoms with van der Waals surface area (Å²) in [5, 5.41) is 2.93. The molecule has 0 saturated heterocycles. The summed E-state index contributed by atoms with van der Waals surface area (Å²) in [6.07, 6.45) is 2.53. The van der Waals surface area contributed by atoms with E-state index in [1.54, 1.807) is 7.05 Å². The average molecular weight is 187 g/mol. The molecule has 0 saturated carbocycles. The van der Waals surface area contributed by atoms with Gasteiger partial charge in [-0.25, -0.2) is 9.37 Å². The van der Waals surface area contributed by atoms with Crippen LogP contribution >= 0.6 is 11.6 Å². The molecule has 0 unspecified atom stereocenters. The summed E-state index contributed by atoms with van der Waals surface area (Å²) in [4.78, 5) is 3.64. The van der Waals surface area contributed by atoms with Crippen molar-refractivity contribution < 1.29 is 4.39 Å². The highest BCUT2D eigenvalue weighted by Gasteiger charge is 2.08. The molecular weight excluding hydrogens is 179 g/mol. The lowest BCUT2D eigenvalue weighted by Gasteiger charge is -2.06. The van der Waals surface area contributed by atoms with E-state index < -0.39 is 5.82 Å². The number of halogens is 2. The molecule has 0 aliphatic rings. The molecule has 0 fully saturated rings. The summed E-state index contributed by atoms with van der Waals surface area (Å²) in [6.45, 7) is 3.51. The summed E-state index contributed by atoms with van der Waals surface area (Å²) in [5.74, 6) is -0.434. The Morgan fingerprint density at radius 1 is 1.75 bits per heavy atom. The molecule has 4 heteroatoms. The van der Waals surface area contributed by atoms with E-state index in [1.165, 1.54) is 6.08 Å². The van der Waals surface area contributed by atoms with E-state index in [9.17, 15) is 4.39 Å². The zero-order valence-electron chi connectivity index (χ0n) is 6.56. The lowest BCUT2D eigenvalue weighted by molar-refractivity contribution is 0.625. The fraction of sp³-hybridized carbons (Fsp3) is 0.125. The summed E-state index contributed by atoms with van der Waals surface area (Å²) in [6, 6.07) is 0. The van der Waals surface area contributed by atoms with Gasteiger partial charge in [-0.05, 0) is 0 Å². The number of pyridine rings is 1. The molecule has 0 amide bonds. The topological polar surface area (TPSA) is 24.9 Å². The Labute approximate surface area is 75.1 Å². The molecule has 2 nitrogen and oxygen atoms in total. The lowest BCUT2D eigenvalue weighted by Crippen LogP contribution is -1.97. The van der Waals surface area contributed by atoms with Gasteiger partial charge in [0.05, 0.1) is 11.9 Å². The molecule has 1 N–H and O–H groups in total. The quantitative estimate of drug-likeness (QED) is 0.719. The van der Waals surface area contributed by atoms with E-state index >= 15 is 0 Å². The van der Waals surface area contributed by atoms with Gasteiger partial charge in [0.15, 0.2) is 5.82 Å². The Balaban J connectivity index is 3.38. The number of nitrogens with zero attached hydrogens (tertiary/aromatic N) is 1. The molecule has 1 aromatic rings. The highest BCUT2D eigenvalue weighted by Crippen LogP contribution is 2.25. The minimum absolute atomic E-state index is 0.246. The predicted octanol–water partition coefficient (Wildman–Crippen LogP) is 2.56. The predicted molar refractivity (Wildman–Crippen MR) is 48.8 cm³/mol. The standard InChI is InChI=1S/C8H8ClFN2/c1-3-5-7(11-2)6(10)4-12-8(5)9/h3-4H,1H2,2H3,(H,11,12). The van der Waals surface area contributed by atoms with Gasteiger partial charge in [-0.2, -0.15) is 0 Å². The lowest BCUT2D eigenvalue weighted by atomic mass is 10.2. The van der Waals surface area contributed by atoms with Gasteiger partial charge in [0, 0.05) is 12.6 Å². The number of nitrogens with one attached hydrogen (secondary N) is 1. The van der Waals surface area contributed by atoms with Gasteiger partial charge in [-0.3, -0.25) is 0 Å². The number of anilines is 1. The first-order chi connectivity index (χ1) is 5.70. The van der Waals surface area contributed by atoms with Crippen LogP contribution in [0.25, 0.3) is 6.08 Å². The van der Waals surface area contributed by atoms with Crippen molar-refractivity contribution in [2.75, 3.05) is 12.4 Å². The van der Waals surface area contributed by atoms with Gasteiger partial charge in [0.1, 0.15) is 5.15 Å². The van der Waals surface area contributed by atoms with Gasteiger partial charge in [0.25, 0.3) is 0 Å². The minimum Gasteiger partial charge on any atom is -0.385 e. The van der Waals surface area contributed by atoms with Gasteiger partial charge in [0.2, 0.25) is 0 Å². The average Bonchev–Trinajstić information content (AvgIpc) is 2.08. The molecule has 12 heavy (non-hydrogen) atoms. The monoisotopic (exact) mass is 186 g/mol. The Bertz CT molecular complexity index is 312. The van der Waals surface area contributed by atoms with Crippen LogP contribution in [-0.2, 0) is 0 Å². The molecule has 0 aromatic carbocycles. The van der Waals surface area contributed by atoms with E-state index in [0.717, 1.165) is 6.20 Å². The summed E-state index contributed by atoms with van der Waals surface area (Å²) in [7, 11) is 1.61. The van der Waals surface area contributed by atoms with Crippen LogP contribution in [0.2, 0.25) is 5.15 Å². The van der Waals surface area contributed by atoms with Crippen molar-refractivity contribution in [1.29, 1.82) is 0 Å². The molecule has 0 aliphatic heterocycles. The molecule has 1 aromatic heterocycles. The molecule has 0 bridgehead atoms. The third-order valence-electron chi connectivity index (χ3n) is 1.48.